The number of methoxy groups -OCH3 is 1. The number of esters is 2. The predicted octanol–water partition coefficient (Wildman–Crippen LogP) is 3.74. The molecule has 0 radical (unpaired) electrons. The smallest absolute Gasteiger partial charge is 0.339 e. The van der Waals surface area contributed by atoms with Crippen molar-refractivity contribution in [2.45, 2.75) is 58.0 Å². The number of fused-ring (bicyclic) bond motifs is 3. The fraction of sp³-hybridized carbons (Fsp3) is 0.536. The van der Waals surface area contributed by atoms with E-state index in [1.165, 1.54) is 24.8 Å². The van der Waals surface area contributed by atoms with Gasteiger partial charge in [-0.05, 0) is 68.6 Å². The van der Waals surface area contributed by atoms with Crippen LogP contribution < -0.4 is 0 Å². The van der Waals surface area contributed by atoms with Gasteiger partial charge in [0.1, 0.15) is 11.7 Å². The van der Waals surface area contributed by atoms with Crippen LogP contribution in [0.25, 0.3) is 6.08 Å². The lowest BCUT2D eigenvalue weighted by Crippen LogP contribution is -2.47. The van der Waals surface area contributed by atoms with E-state index in [1.807, 2.05) is 13.1 Å². The molecule has 1 N–H and O–H groups in total. The second-order valence-electron chi connectivity index (χ2n) is 10.6. The van der Waals surface area contributed by atoms with Gasteiger partial charge in [-0.25, -0.2) is 14.6 Å². The van der Waals surface area contributed by atoms with Gasteiger partial charge >= 0.3 is 11.9 Å². The van der Waals surface area contributed by atoms with Gasteiger partial charge in [0.05, 0.1) is 24.7 Å². The third-order valence-corrected chi connectivity index (χ3v) is 7.76. The highest BCUT2D eigenvalue weighted by atomic mass is 16.7. The van der Waals surface area contributed by atoms with Crippen molar-refractivity contribution in [2.24, 2.45) is 30.7 Å². The Labute approximate surface area is 212 Å². The van der Waals surface area contributed by atoms with Gasteiger partial charge in [-0.1, -0.05) is 31.6 Å². The molecular weight excluding hydrogens is 460 g/mol. The molecule has 8 nitrogen and oxygen atoms in total. The summed E-state index contributed by atoms with van der Waals surface area (Å²) < 4.78 is 19.0. The second kappa shape index (κ2) is 9.82. The summed E-state index contributed by atoms with van der Waals surface area (Å²) in [5.41, 5.74) is 0.706. The van der Waals surface area contributed by atoms with Crippen LogP contribution in [0.5, 0.6) is 0 Å². The third kappa shape index (κ3) is 4.97. The number of aromatic nitrogens is 2. The van der Waals surface area contributed by atoms with Crippen molar-refractivity contribution in [3.8, 4) is 0 Å². The molecule has 194 valence electrons. The first-order chi connectivity index (χ1) is 17.0. The monoisotopic (exact) mass is 496 g/mol. The summed E-state index contributed by atoms with van der Waals surface area (Å²) in [5.74, 6) is -2.68. The van der Waals surface area contributed by atoms with Gasteiger partial charge in [-0.2, -0.15) is 0 Å². The van der Waals surface area contributed by atoms with Crippen LogP contribution in [0.4, 0.5) is 0 Å². The van der Waals surface area contributed by atoms with Gasteiger partial charge in [-0.3, -0.25) is 0 Å². The van der Waals surface area contributed by atoms with Gasteiger partial charge in [0.2, 0.25) is 5.79 Å². The molecule has 1 unspecified atom stereocenters. The number of carbonyl (C=O) groups excluding carboxylic acids is 2. The van der Waals surface area contributed by atoms with Crippen LogP contribution in [0.3, 0.4) is 0 Å². The van der Waals surface area contributed by atoms with Crippen molar-refractivity contribution in [3.63, 3.8) is 0 Å². The number of ether oxygens (including phenoxy) is 3. The van der Waals surface area contributed by atoms with Crippen molar-refractivity contribution in [3.05, 3.63) is 59.7 Å². The minimum Gasteiger partial charge on any atom is -0.466 e. The highest BCUT2D eigenvalue weighted by Gasteiger charge is 2.54. The van der Waals surface area contributed by atoms with Crippen LogP contribution in [-0.2, 0) is 30.8 Å². The van der Waals surface area contributed by atoms with Crippen LogP contribution in [0.15, 0.2) is 54.1 Å². The van der Waals surface area contributed by atoms with Crippen molar-refractivity contribution < 1.29 is 28.9 Å². The normalized spacial score (nSPS) is 33.9. The maximum atomic E-state index is 12.9. The molecule has 0 fully saturated rings. The summed E-state index contributed by atoms with van der Waals surface area (Å²) in [6.07, 6.45) is 14.2. The highest BCUT2D eigenvalue weighted by molar-refractivity contribution is 5.91. The Morgan fingerprint density at radius 2 is 2.08 bits per heavy atom. The molecule has 8 heteroatoms. The number of aliphatic hydroxyl groups is 1. The van der Waals surface area contributed by atoms with Gasteiger partial charge < -0.3 is 23.9 Å². The Balaban J connectivity index is 1.73. The van der Waals surface area contributed by atoms with Gasteiger partial charge in [0.25, 0.3) is 0 Å². The average molecular weight is 497 g/mol. The number of carbonyl (C=O) groups is 2. The Hall–Kier alpha value is -2.97. The van der Waals surface area contributed by atoms with E-state index in [-0.39, 0.29) is 23.3 Å². The van der Waals surface area contributed by atoms with Crippen LogP contribution in [0.1, 0.15) is 46.2 Å². The molecule has 3 heterocycles. The molecule has 1 aliphatic carbocycles. The molecule has 2 bridgehead atoms. The maximum absolute atomic E-state index is 12.9. The number of nitrogens with zero attached hydrogens (tertiary/aromatic N) is 2. The number of aryl methyl sites for hydroxylation is 1. The third-order valence-electron chi connectivity index (χ3n) is 7.76. The standard InChI is InChI=1S/C28H36N2O6/c1-17(2)20-9-7-18(3)21-14-24(35-25(31)10-8-19-15-30(5)16-29-19)27(4)11-12-28(33,36-27)23(13-22(20)21)26(32)34-6/h7-8,10-13,15-17,20-22,24,33H,9,14H2,1-6H3/t20-,21+,22?,24+,27+,28-/m1/s1. The summed E-state index contributed by atoms with van der Waals surface area (Å²) in [5, 5.41) is 11.5. The topological polar surface area (TPSA) is 99.9 Å². The van der Waals surface area contributed by atoms with Crippen molar-refractivity contribution in [1.29, 1.82) is 0 Å². The minimum atomic E-state index is -1.98. The first-order valence-corrected chi connectivity index (χ1v) is 12.4. The van der Waals surface area contributed by atoms with Crippen molar-refractivity contribution in [1.82, 2.24) is 9.55 Å². The van der Waals surface area contributed by atoms with E-state index in [0.29, 0.717) is 18.0 Å². The van der Waals surface area contributed by atoms with E-state index in [9.17, 15) is 14.7 Å². The van der Waals surface area contributed by atoms with Crippen molar-refractivity contribution in [2.75, 3.05) is 7.11 Å². The van der Waals surface area contributed by atoms with E-state index in [0.717, 1.165) is 6.42 Å². The lowest BCUT2D eigenvalue weighted by Gasteiger charge is -2.41. The molecule has 0 amide bonds. The summed E-state index contributed by atoms with van der Waals surface area (Å²) in [6.45, 7) is 8.16. The Bertz CT molecular complexity index is 1140. The Morgan fingerprint density at radius 3 is 2.72 bits per heavy atom. The van der Waals surface area contributed by atoms with Gasteiger partial charge in [-0.15, -0.1) is 0 Å². The van der Waals surface area contributed by atoms with E-state index < -0.39 is 29.4 Å². The number of rotatable bonds is 5. The molecule has 0 saturated heterocycles. The van der Waals surface area contributed by atoms with Crippen LogP contribution in [-0.4, -0.2) is 51.2 Å². The summed E-state index contributed by atoms with van der Waals surface area (Å²) in [4.78, 5) is 30.0. The molecule has 36 heavy (non-hydrogen) atoms. The number of hydrogen-bond donors (Lipinski definition) is 1. The number of hydrogen-bond acceptors (Lipinski definition) is 7. The summed E-state index contributed by atoms with van der Waals surface area (Å²) in [6, 6.07) is 0. The molecule has 3 aliphatic rings. The van der Waals surface area contributed by atoms with E-state index in [2.05, 4.69) is 31.8 Å². The minimum absolute atomic E-state index is 0.0137. The zero-order chi connectivity index (χ0) is 26.3. The molecular formula is C28H36N2O6. The summed E-state index contributed by atoms with van der Waals surface area (Å²) in [7, 11) is 3.14. The van der Waals surface area contributed by atoms with Gasteiger partial charge in [0.15, 0.2) is 0 Å². The van der Waals surface area contributed by atoms with E-state index in [1.54, 1.807) is 36.2 Å². The maximum Gasteiger partial charge on any atom is 0.339 e. The van der Waals surface area contributed by atoms with E-state index in [4.69, 9.17) is 14.2 Å². The molecule has 1 aromatic rings. The highest BCUT2D eigenvalue weighted by Crippen LogP contribution is 2.49. The van der Waals surface area contributed by atoms with Crippen molar-refractivity contribution >= 4 is 18.0 Å². The fourth-order valence-electron chi connectivity index (χ4n) is 5.65. The SMILES string of the molecule is COC(=O)C1=CC2[C@@H](C(C)C)CC=C(C)[C@@H]2C[C@H](OC(=O)C=Cc2cn(C)cn2)[C@]2(C)C=C[C@@]1(O)O2. The van der Waals surface area contributed by atoms with Crippen LogP contribution in [0.2, 0.25) is 0 Å². The molecule has 0 spiro atoms. The number of imidazole rings is 1. The Kier molecular flexibility index (Phi) is 7.12. The van der Waals surface area contributed by atoms with Gasteiger partial charge in [0, 0.05) is 19.3 Å². The molecule has 0 saturated carbocycles. The molecule has 1 aromatic heterocycles. The second-order valence-corrected chi connectivity index (χ2v) is 10.6. The number of allylic oxidation sites excluding steroid dienone is 3. The predicted molar refractivity (Wildman–Crippen MR) is 134 cm³/mol. The lowest BCUT2D eigenvalue weighted by atomic mass is 9.65. The average Bonchev–Trinajstić information content (AvgIpc) is 3.39. The molecule has 6 atom stereocenters. The summed E-state index contributed by atoms with van der Waals surface area (Å²) >= 11 is 0. The first kappa shape index (κ1) is 26.1. The fourth-order valence-corrected chi connectivity index (χ4v) is 5.65. The first-order valence-electron chi connectivity index (χ1n) is 12.4. The quantitative estimate of drug-likeness (QED) is 0.377. The Morgan fingerprint density at radius 1 is 1.33 bits per heavy atom. The molecule has 0 aromatic carbocycles. The molecule has 4 rings (SSSR count). The van der Waals surface area contributed by atoms with Crippen LogP contribution in [0, 0.1) is 23.7 Å². The van der Waals surface area contributed by atoms with Crippen LogP contribution >= 0.6 is 0 Å². The lowest BCUT2D eigenvalue weighted by molar-refractivity contribution is -0.216. The van der Waals surface area contributed by atoms with E-state index >= 15 is 0 Å². The molecule has 2 aliphatic heterocycles. The zero-order valence-corrected chi connectivity index (χ0v) is 21.8. The largest absolute Gasteiger partial charge is 0.466 e. The zero-order valence-electron chi connectivity index (χ0n) is 21.8.